The number of methoxy groups -OCH3 is 1. The fraction of sp³-hybridized carbons (Fsp3) is 0.636. The lowest BCUT2D eigenvalue weighted by molar-refractivity contribution is -0.119. The van der Waals surface area contributed by atoms with Crippen LogP contribution in [0, 0.1) is 6.92 Å². The van der Waals surface area contributed by atoms with Gasteiger partial charge in [0.05, 0.1) is 12.3 Å². The molecule has 0 unspecified atom stereocenters. The molecule has 0 radical (unpaired) electrons. The van der Waals surface area contributed by atoms with Gasteiger partial charge in [-0.05, 0) is 19.9 Å². The molecule has 4 heteroatoms. The van der Waals surface area contributed by atoms with Crippen LogP contribution >= 0.6 is 0 Å². The number of aromatic nitrogens is 2. The minimum Gasteiger partial charge on any atom is -0.384 e. The van der Waals surface area contributed by atoms with E-state index in [0.29, 0.717) is 19.4 Å². The second-order valence-corrected chi connectivity index (χ2v) is 3.55. The molecule has 1 rings (SSSR count). The second kappa shape index (κ2) is 5.66. The summed E-state index contributed by atoms with van der Waals surface area (Å²) in [6.07, 6.45) is 0.933. The summed E-state index contributed by atoms with van der Waals surface area (Å²) in [4.78, 5) is 11.5. The normalized spacial score (nSPS) is 10.6. The van der Waals surface area contributed by atoms with E-state index in [0.717, 1.165) is 17.9 Å². The molecule has 0 saturated heterocycles. The molecule has 0 aliphatic heterocycles. The average molecular weight is 210 g/mol. The Bertz CT molecular complexity index is 331. The molecule has 0 fully saturated rings. The predicted octanol–water partition coefficient (Wildman–Crippen LogP) is 1.36. The summed E-state index contributed by atoms with van der Waals surface area (Å²) in [5.41, 5.74) is 1.96. The molecular formula is C11H18N2O2. The zero-order valence-corrected chi connectivity index (χ0v) is 9.62. The van der Waals surface area contributed by atoms with E-state index in [9.17, 15) is 4.79 Å². The first-order valence-corrected chi connectivity index (χ1v) is 5.21. The number of ether oxygens (including phenoxy) is 1. The third-order valence-corrected chi connectivity index (χ3v) is 2.25. The van der Waals surface area contributed by atoms with Crippen LogP contribution in [0.5, 0.6) is 0 Å². The van der Waals surface area contributed by atoms with E-state index in [4.69, 9.17) is 4.74 Å². The fourth-order valence-electron chi connectivity index (χ4n) is 1.52. The highest BCUT2D eigenvalue weighted by Crippen LogP contribution is 2.06. The van der Waals surface area contributed by atoms with Gasteiger partial charge < -0.3 is 4.74 Å². The number of rotatable bonds is 6. The van der Waals surface area contributed by atoms with Crippen molar-refractivity contribution in [2.45, 2.75) is 33.2 Å². The van der Waals surface area contributed by atoms with Crippen LogP contribution in [-0.4, -0.2) is 29.3 Å². The zero-order chi connectivity index (χ0) is 11.3. The summed E-state index contributed by atoms with van der Waals surface area (Å²) < 4.78 is 6.74. The van der Waals surface area contributed by atoms with Gasteiger partial charge in [0.2, 0.25) is 0 Å². The van der Waals surface area contributed by atoms with Crippen LogP contribution < -0.4 is 0 Å². The predicted molar refractivity (Wildman–Crippen MR) is 57.8 cm³/mol. The molecule has 0 bridgehead atoms. The lowest BCUT2D eigenvalue weighted by Crippen LogP contribution is -2.10. The van der Waals surface area contributed by atoms with Crippen molar-refractivity contribution in [1.29, 1.82) is 0 Å². The quantitative estimate of drug-likeness (QED) is 0.712. The van der Waals surface area contributed by atoms with Crippen LogP contribution in [0.3, 0.4) is 0 Å². The summed E-state index contributed by atoms with van der Waals surface area (Å²) >= 11 is 0. The minimum absolute atomic E-state index is 0.200. The van der Waals surface area contributed by atoms with E-state index in [1.165, 1.54) is 0 Å². The summed E-state index contributed by atoms with van der Waals surface area (Å²) in [5.74, 6) is 0.200. The standard InChI is InChI=1S/C11H18N2O2/c1-4-13-10(7-9(2)12-13)8-11(14)5-6-15-3/h7H,4-6,8H2,1-3H3. The molecule has 0 saturated carbocycles. The molecule has 4 nitrogen and oxygen atoms in total. The zero-order valence-electron chi connectivity index (χ0n) is 9.62. The Kier molecular flexibility index (Phi) is 4.49. The smallest absolute Gasteiger partial charge is 0.141 e. The maximum absolute atomic E-state index is 11.5. The third-order valence-electron chi connectivity index (χ3n) is 2.25. The topological polar surface area (TPSA) is 44.1 Å². The molecule has 0 atom stereocenters. The number of ketones is 1. The van der Waals surface area contributed by atoms with Crippen LogP contribution in [0.15, 0.2) is 6.07 Å². The molecule has 0 amide bonds. The molecule has 1 heterocycles. The van der Waals surface area contributed by atoms with E-state index >= 15 is 0 Å². The Hall–Kier alpha value is -1.16. The molecule has 1 aromatic heterocycles. The van der Waals surface area contributed by atoms with E-state index in [-0.39, 0.29) is 5.78 Å². The number of hydrogen-bond acceptors (Lipinski definition) is 3. The van der Waals surface area contributed by atoms with Crippen molar-refractivity contribution in [3.63, 3.8) is 0 Å². The van der Waals surface area contributed by atoms with E-state index in [1.54, 1.807) is 7.11 Å². The van der Waals surface area contributed by atoms with Crippen molar-refractivity contribution in [1.82, 2.24) is 9.78 Å². The van der Waals surface area contributed by atoms with Gasteiger partial charge in [-0.15, -0.1) is 0 Å². The molecule has 0 aliphatic rings. The largest absolute Gasteiger partial charge is 0.384 e. The molecule has 84 valence electrons. The number of hydrogen-bond donors (Lipinski definition) is 0. The van der Waals surface area contributed by atoms with Crippen molar-refractivity contribution in [2.24, 2.45) is 0 Å². The molecule has 0 aromatic carbocycles. The SMILES string of the molecule is CCn1nc(C)cc1CC(=O)CCOC. The van der Waals surface area contributed by atoms with Crippen LogP contribution in [0.4, 0.5) is 0 Å². The van der Waals surface area contributed by atoms with Crippen molar-refractivity contribution >= 4 is 5.78 Å². The maximum Gasteiger partial charge on any atom is 0.141 e. The third kappa shape index (κ3) is 3.47. The van der Waals surface area contributed by atoms with Gasteiger partial charge in [-0.25, -0.2) is 0 Å². The molecule has 0 spiro atoms. The number of carbonyl (C=O) groups is 1. The Balaban J connectivity index is 2.59. The van der Waals surface area contributed by atoms with E-state index < -0.39 is 0 Å². The van der Waals surface area contributed by atoms with Crippen molar-refractivity contribution < 1.29 is 9.53 Å². The van der Waals surface area contributed by atoms with Gasteiger partial charge >= 0.3 is 0 Å². The Morgan fingerprint density at radius 2 is 2.33 bits per heavy atom. The van der Waals surface area contributed by atoms with Gasteiger partial charge in [0, 0.05) is 32.2 Å². The van der Waals surface area contributed by atoms with Crippen LogP contribution in [0.25, 0.3) is 0 Å². The van der Waals surface area contributed by atoms with Gasteiger partial charge in [0.15, 0.2) is 0 Å². The number of Topliss-reactive ketones (excluding diaryl/α,β-unsaturated/α-hetero) is 1. The first-order valence-electron chi connectivity index (χ1n) is 5.21. The molecular weight excluding hydrogens is 192 g/mol. The molecule has 15 heavy (non-hydrogen) atoms. The van der Waals surface area contributed by atoms with Crippen molar-refractivity contribution in [3.05, 3.63) is 17.5 Å². The van der Waals surface area contributed by atoms with Gasteiger partial charge in [-0.1, -0.05) is 0 Å². The number of aryl methyl sites for hydroxylation is 2. The van der Waals surface area contributed by atoms with Crippen LogP contribution in [-0.2, 0) is 22.5 Å². The second-order valence-electron chi connectivity index (χ2n) is 3.55. The van der Waals surface area contributed by atoms with Crippen molar-refractivity contribution in [3.8, 4) is 0 Å². The summed E-state index contributed by atoms with van der Waals surface area (Å²) in [7, 11) is 1.60. The van der Waals surface area contributed by atoms with Gasteiger partial charge in [-0.3, -0.25) is 9.48 Å². The Morgan fingerprint density at radius 3 is 2.93 bits per heavy atom. The van der Waals surface area contributed by atoms with Gasteiger partial charge in [-0.2, -0.15) is 5.10 Å². The number of carbonyl (C=O) groups excluding carboxylic acids is 1. The van der Waals surface area contributed by atoms with E-state index in [1.807, 2.05) is 24.6 Å². The minimum atomic E-state index is 0.200. The summed E-state index contributed by atoms with van der Waals surface area (Å²) in [6.45, 7) is 5.27. The van der Waals surface area contributed by atoms with Crippen LogP contribution in [0.1, 0.15) is 24.7 Å². The first kappa shape index (κ1) is 11.9. The highest BCUT2D eigenvalue weighted by molar-refractivity contribution is 5.80. The van der Waals surface area contributed by atoms with E-state index in [2.05, 4.69) is 5.10 Å². The van der Waals surface area contributed by atoms with Gasteiger partial charge in [0.1, 0.15) is 5.78 Å². The van der Waals surface area contributed by atoms with Gasteiger partial charge in [0.25, 0.3) is 0 Å². The summed E-state index contributed by atoms with van der Waals surface area (Å²) in [6, 6.07) is 1.97. The molecule has 0 aliphatic carbocycles. The maximum atomic E-state index is 11.5. The fourth-order valence-corrected chi connectivity index (χ4v) is 1.52. The highest BCUT2D eigenvalue weighted by atomic mass is 16.5. The lowest BCUT2D eigenvalue weighted by Gasteiger charge is -2.03. The highest BCUT2D eigenvalue weighted by Gasteiger charge is 2.09. The summed E-state index contributed by atoms with van der Waals surface area (Å²) in [5, 5.41) is 4.30. The Morgan fingerprint density at radius 1 is 1.60 bits per heavy atom. The Labute approximate surface area is 90.2 Å². The first-order chi connectivity index (χ1) is 7.17. The number of nitrogens with zero attached hydrogens (tertiary/aromatic N) is 2. The average Bonchev–Trinajstić information content (AvgIpc) is 2.55. The lowest BCUT2D eigenvalue weighted by atomic mass is 10.1. The van der Waals surface area contributed by atoms with Crippen LogP contribution in [0.2, 0.25) is 0 Å². The molecule has 1 aromatic rings. The monoisotopic (exact) mass is 210 g/mol. The van der Waals surface area contributed by atoms with Crippen molar-refractivity contribution in [2.75, 3.05) is 13.7 Å². The molecule has 0 N–H and O–H groups in total.